The first kappa shape index (κ1) is 11.1. The summed E-state index contributed by atoms with van der Waals surface area (Å²) in [6, 6.07) is 0. The van der Waals surface area contributed by atoms with Crippen molar-refractivity contribution in [3.63, 3.8) is 0 Å². The average Bonchev–Trinajstić information content (AvgIpc) is 1.92. The van der Waals surface area contributed by atoms with Gasteiger partial charge in [-0.1, -0.05) is 0 Å². The molecule has 0 saturated heterocycles. The first-order valence-corrected chi connectivity index (χ1v) is 3.37. The molecule has 0 atom stereocenters. The van der Waals surface area contributed by atoms with Gasteiger partial charge in [-0.3, -0.25) is 11.8 Å². The van der Waals surface area contributed by atoms with E-state index in [0.717, 1.165) is 6.42 Å². The molecule has 0 spiro atoms. The maximum atomic E-state index is 11.0. The second kappa shape index (κ2) is 5.74. The molecule has 3 heteroatoms. The zero-order valence-electron chi connectivity index (χ0n) is 6.47. The van der Waals surface area contributed by atoms with E-state index in [9.17, 15) is 4.79 Å². The minimum Gasteiger partial charge on any atom is -0.495 e. The van der Waals surface area contributed by atoms with Crippen molar-refractivity contribution in [1.82, 2.24) is 4.90 Å². The van der Waals surface area contributed by atoms with E-state index in [4.69, 9.17) is 0 Å². The van der Waals surface area contributed by atoms with E-state index in [1.807, 2.05) is 0 Å². The molecule has 1 amide bonds. The zero-order valence-corrected chi connectivity index (χ0v) is 9.31. The number of hydrogen-bond donors (Lipinski definition) is 0. The van der Waals surface area contributed by atoms with Gasteiger partial charge in [-0.25, -0.2) is 0 Å². The molecule has 0 saturated carbocycles. The van der Waals surface area contributed by atoms with Gasteiger partial charge in [0.15, 0.2) is 5.91 Å². The van der Waals surface area contributed by atoms with Gasteiger partial charge in [0.2, 0.25) is 0 Å². The van der Waals surface area contributed by atoms with Crippen LogP contribution < -0.4 is 0 Å². The number of nitrogens with zero attached hydrogens (tertiary/aromatic N) is 1. The van der Waals surface area contributed by atoms with Crippen molar-refractivity contribution in [3.8, 4) is 11.8 Å². The zero-order chi connectivity index (χ0) is 7.40. The van der Waals surface area contributed by atoms with Crippen molar-refractivity contribution < 1.29 is 37.5 Å². The molecule has 0 N–H and O–H groups in total. The molecule has 11 heavy (non-hydrogen) atoms. The number of carbonyl (C=O) groups excluding carboxylic acids is 1. The molecule has 0 unspecified atom stereocenters. The van der Waals surface area contributed by atoms with E-state index in [1.165, 1.54) is 4.90 Å². The van der Waals surface area contributed by atoms with Gasteiger partial charge in [-0.05, 0) is 0 Å². The summed E-state index contributed by atoms with van der Waals surface area (Å²) < 4.78 is 0. The minimum absolute atomic E-state index is 0. The number of carbonyl (C=O) groups is 1. The van der Waals surface area contributed by atoms with Crippen molar-refractivity contribution in [3.05, 3.63) is 7.05 Å². The third-order valence-electron chi connectivity index (χ3n) is 1.45. The molecule has 2 nitrogen and oxygen atoms in total. The Morgan fingerprint density at radius 1 is 1.36 bits per heavy atom. The Labute approximate surface area is 92.6 Å². The van der Waals surface area contributed by atoms with Crippen molar-refractivity contribution >= 4 is 5.91 Å². The van der Waals surface area contributed by atoms with Crippen LogP contribution in [0.1, 0.15) is 19.3 Å². The Morgan fingerprint density at radius 2 is 2.00 bits per heavy atom. The van der Waals surface area contributed by atoms with Gasteiger partial charge >= 0.3 is 0 Å². The summed E-state index contributed by atoms with van der Waals surface area (Å²) in [5.74, 6) is 5.97. The summed E-state index contributed by atoms with van der Waals surface area (Å²) in [6.07, 6.45) is 1.97. The molecule has 0 aromatic carbocycles. The molecule has 1 heterocycles. The van der Waals surface area contributed by atoms with E-state index in [1.54, 1.807) is 0 Å². The van der Waals surface area contributed by atoms with E-state index in [0.29, 0.717) is 19.4 Å². The second-order valence-corrected chi connectivity index (χ2v) is 2.26. The largest absolute Gasteiger partial charge is 0.495 e. The smallest absolute Gasteiger partial charge is 0.194 e. The van der Waals surface area contributed by atoms with Gasteiger partial charge < -0.3 is 4.90 Å². The standard InChI is InChI=1S/C8H10NO.Y/c1-9-7-5-3-2-4-6-8(9)10;/h1,4-7H2;/q-1;. The van der Waals surface area contributed by atoms with Crippen LogP contribution in [0.2, 0.25) is 0 Å². The third kappa shape index (κ3) is 3.89. The molecule has 0 aromatic rings. The summed E-state index contributed by atoms with van der Waals surface area (Å²) in [5, 5.41) is 0. The molecule has 0 aromatic heterocycles. The quantitative estimate of drug-likeness (QED) is 0.441. The molecule has 0 bridgehead atoms. The topological polar surface area (TPSA) is 20.3 Å². The van der Waals surface area contributed by atoms with Gasteiger partial charge in [0.25, 0.3) is 0 Å². The summed E-state index contributed by atoms with van der Waals surface area (Å²) >= 11 is 0. The molecule has 57 valence electrons. The molecule has 1 rings (SSSR count). The Kier molecular flexibility index (Phi) is 5.81. The van der Waals surface area contributed by atoms with Crippen LogP contribution in [0, 0.1) is 18.9 Å². The Balaban J connectivity index is 0.000001000. The van der Waals surface area contributed by atoms with Gasteiger partial charge in [0, 0.05) is 58.5 Å². The first-order chi connectivity index (χ1) is 4.80. The van der Waals surface area contributed by atoms with Crippen LogP contribution in [0.3, 0.4) is 0 Å². The summed E-state index contributed by atoms with van der Waals surface area (Å²) in [5.41, 5.74) is 0. The molecule has 1 aliphatic rings. The van der Waals surface area contributed by atoms with E-state index < -0.39 is 0 Å². The van der Waals surface area contributed by atoms with Gasteiger partial charge in [-0.2, -0.15) is 0 Å². The van der Waals surface area contributed by atoms with Crippen LogP contribution in [0.5, 0.6) is 0 Å². The average molecular weight is 225 g/mol. The van der Waals surface area contributed by atoms with Crippen LogP contribution >= 0.6 is 0 Å². The molecular formula is C8H10NOY-. The van der Waals surface area contributed by atoms with Crippen LogP contribution in [-0.4, -0.2) is 17.4 Å². The van der Waals surface area contributed by atoms with Crippen LogP contribution in [0.4, 0.5) is 0 Å². The SMILES string of the molecule is [CH2-]N1CCC#CCCC1=O.[Y]. The van der Waals surface area contributed by atoms with Gasteiger partial charge in [0.1, 0.15) is 0 Å². The van der Waals surface area contributed by atoms with Gasteiger partial charge in [0.05, 0.1) is 0 Å². The number of rotatable bonds is 0. The Hall–Kier alpha value is 0.134. The summed E-state index contributed by atoms with van der Waals surface area (Å²) in [4.78, 5) is 12.5. The van der Waals surface area contributed by atoms with Crippen molar-refractivity contribution in [2.45, 2.75) is 19.3 Å². The maximum absolute atomic E-state index is 11.0. The second-order valence-electron chi connectivity index (χ2n) is 2.26. The van der Waals surface area contributed by atoms with E-state index in [-0.39, 0.29) is 38.6 Å². The molecule has 1 radical (unpaired) electrons. The number of hydrogen-bond acceptors (Lipinski definition) is 1. The van der Waals surface area contributed by atoms with Crippen molar-refractivity contribution in [1.29, 1.82) is 0 Å². The fourth-order valence-corrected chi connectivity index (χ4v) is 0.820. The van der Waals surface area contributed by atoms with Crippen molar-refractivity contribution in [2.24, 2.45) is 0 Å². The van der Waals surface area contributed by atoms with E-state index >= 15 is 0 Å². The summed E-state index contributed by atoms with van der Waals surface area (Å²) in [6.45, 7) is 0.672. The van der Waals surface area contributed by atoms with Crippen LogP contribution in [0.25, 0.3) is 0 Å². The van der Waals surface area contributed by atoms with Crippen LogP contribution in [-0.2, 0) is 37.5 Å². The Morgan fingerprint density at radius 3 is 2.73 bits per heavy atom. The maximum Gasteiger partial charge on any atom is 0.194 e. The fraction of sp³-hybridized carbons (Fsp3) is 0.500. The Bertz CT molecular complexity index is 192. The molecular weight excluding hydrogens is 215 g/mol. The molecule has 0 fully saturated rings. The third-order valence-corrected chi connectivity index (χ3v) is 1.45. The van der Waals surface area contributed by atoms with Gasteiger partial charge in [-0.15, -0.1) is 11.8 Å². The first-order valence-electron chi connectivity index (χ1n) is 3.37. The predicted octanol–water partition coefficient (Wildman–Crippen LogP) is 0.791. The summed E-state index contributed by atoms with van der Waals surface area (Å²) in [7, 11) is 3.60. The molecule has 0 aliphatic carbocycles. The van der Waals surface area contributed by atoms with E-state index in [2.05, 4.69) is 18.9 Å². The monoisotopic (exact) mass is 225 g/mol. The number of amides is 1. The van der Waals surface area contributed by atoms with Crippen LogP contribution in [0.15, 0.2) is 0 Å². The minimum atomic E-state index is 0. The normalized spacial score (nSPS) is 17.2. The molecule has 1 aliphatic heterocycles. The fourth-order valence-electron chi connectivity index (χ4n) is 0.820. The predicted molar refractivity (Wildman–Crippen MR) is 38.7 cm³/mol. The van der Waals surface area contributed by atoms with Crippen molar-refractivity contribution in [2.75, 3.05) is 6.54 Å².